The smallest absolute Gasteiger partial charge is 0.261 e. The lowest BCUT2D eigenvalue weighted by Crippen LogP contribution is -2.33. The SMILES string of the molecule is CC(=O)Nc1ccc(C(=O)NCC(C(C)C)C(C)C)s1. The van der Waals surface area contributed by atoms with E-state index in [1.165, 1.54) is 18.3 Å². The van der Waals surface area contributed by atoms with Gasteiger partial charge in [0.1, 0.15) is 0 Å². The van der Waals surface area contributed by atoms with Crippen molar-refractivity contribution in [3.63, 3.8) is 0 Å². The highest BCUT2D eigenvalue weighted by molar-refractivity contribution is 7.18. The minimum atomic E-state index is -0.126. The second kappa shape index (κ2) is 7.43. The first-order valence-corrected chi connectivity index (χ1v) is 7.78. The Kier molecular flexibility index (Phi) is 6.20. The lowest BCUT2D eigenvalue weighted by Gasteiger charge is -2.24. The molecule has 4 nitrogen and oxygen atoms in total. The number of hydrogen-bond acceptors (Lipinski definition) is 3. The molecule has 0 radical (unpaired) electrons. The summed E-state index contributed by atoms with van der Waals surface area (Å²) in [5, 5.41) is 6.37. The van der Waals surface area contributed by atoms with Crippen LogP contribution in [-0.2, 0) is 4.79 Å². The van der Waals surface area contributed by atoms with Crippen molar-refractivity contribution in [2.45, 2.75) is 34.6 Å². The first-order chi connectivity index (χ1) is 9.31. The number of amides is 2. The molecule has 1 heterocycles. The highest BCUT2D eigenvalue weighted by Gasteiger charge is 2.19. The van der Waals surface area contributed by atoms with Crippen molar-refractivity contribution in [1.29, 1.82) is 0 Å². The van der Waals surface area contributed by atoms with Crippen molar-refractivity contribution in [1.82, 2.24) is 5.32 Å². The first-order valence-electron chi connectivity index (χ1n) is 6.97. The molecule has 0 unspecified atom stereocenters. The fraction of sp³-hybridized carbons (Fsp3) is 0.600. The van der Waals surface area contributed by atoms with Gasteiger partial charge < -0.3 is 10.6 Å². The molecule has 1 rings (SSSR count). The van der Waals surface area contributed by atoms with E-state index in [0.29, 0.717) is 34.2 Å². The van der Waals surface area contributed by atoms with E-state index in [2.05, 4.69) is 38.3 Å². The van der Waals surface area contributed by atoms with Crippen LogP contribution in [-0.4, -0.2) is 18.4 Å². The van der Waals surface area contributed by atoms with Crippen LogP contribution >= 0.6 is 11.3 Å². The number of carbonyl (C=O) groups excluding carboxylic acids is 2. The molecule has 0 aliphatic heterocycles. The largest absolute Gasteiger partial charge is 0.351 e. The predicted octanol–water partition coefficient (Wildman–Crippen LogP) is 3.36. The second-order valence-electron chi connectivity index (χ2n) is 5.71. The molecule has 2 amide bonds. The van der Waals surface area contributed by atoms with E-state index in [-0.39, 0.29) is 11.8 Å². The second-order valence-corrected chi connectivity index (χ2v) is 6.79. The minimum absolute atomic E-state index is 0.0714. The van der Waals surface area contributed by atoms with Gasteiger partial charge in [0, 0.05) is 13.5 Å². The molecular formula is C15H24N2O2S. The van der Waals surface area contributed by atoms with E-state index in [1.54, 1.807) is 12.1 Å². The lowest BCUT2D eigenvalue weighted by molar-refractivity contribution is -0.114. The Labute approximate surface area is 125 Å². The van der Waals surface area contributed by atoms with Gasteiger partial charge in [-0.3, -0.25) is 9.59 Å². The number of anilines is 1. The topological polar surface area (TPSA) is 58.2 Å². The van der Waals surface area contributed by atoms with E-state index >= 15 is 0 Å². The van der Waals surface area contributed by atoms with Gasteiger partial charge in [-0.25, -0.2) is 0 Å². The van der Waals surface area contributed by atoms with Gasteiger partial charge in [-0.15, -0.1) is 11.3 Å². The fourth-order valence-electron chi connectivity index (χ4n) is 2.24. The van der Waals surface area contributed by atoms with Crippen LogP contribution in [0.2, 0.25) is 0 Å². The fourth-order valence-corrected chi connectivity index (χ4v) is 3.11. The summed E-state index contributed by atoms with van der Waals surface area (Å²) in [5.74, 6) is 1.34. The van der Waals surface area contributed by atoms with Crippen LogP contribution in [0.3, 0.4) is 0 Å². The zero-order chi connectivity index (χ0) is 15.3. The number of thiophene rings is 1. The van der Waals surface area contributed by atoms with Crippen LogP contribution in [0, 0.1) is 17.8 Å². The number of nitrogens with one attached hydrogen (secondary N) is 2. The molecule has 1 aromatic heterocycles. The van der Waals surface area contributed by atoms with Gasteiger partial charge in [0.05, 0.1) is 9.88 Å². The first kappa shape index (κ1) is 16.7. The van der Waals surface area contributed by atoms with Crippen LogP contribution in [0.1, 0.15) is 44.3 Å². The summed E-state index contributed by atoms with van der Waals surface area (Å²) in [6.07, 6.45) is 0. The Morgan fingerprint density at radius 3 is 2.25 bits per heavy atom. The van der Waals surface area contributed by atoms with Crippen molar-refractivity contribution in [2.75, 3.05) is 11.9 Å². The maximum Gasteiger partial charge on any atom is 0.261 e. The van der Waals surface area contributed by atoms with Crippen molar-refractivity contribution in [3.8, 4) is 0 Å². The highest BCUT2D eigenvalue weighted by Crippen LogP contribution is 2.23. The summed E-state index contributed by atoms with van der Waals surface area (Å²) in [7, 11) is 0. The Morgan fingerprint density at radius 1 is 1.15 bits per heavy atom. The van der Waals surface area contributed by atoms with Gasteiger partial charge in [-0.05, 0) is 29.9 Å². The molecule has 0 bridgehead atoms. The standard InChI is InChI=1S/C15H24N2O2S/c1-9(2)12(10(3)4)8-16-15(19)13-6-7-14(20-13)17-11(5)18/h6-7,9-10,12H,8H2,1-5H3,(H,16,19)(H,17,18). The number of rotatable bonds is 6. The molecule has 0 aliphatic carbocycles. The van der Waals surface area contributed by atoms with E-state index < -0.39 is 0 Å². The molecule has 0 saturated carbocycles. The van der Waals surface area contributed by atoms with E-state index in [1.807, 2.05) is 0 Å². The average Bonchev–Trinajstić information content (AvgIpc) is 2.75. The molecule has 2 N–H and O–H groups in total. The number of hydrogen-bond donors (Lipinski definition) is 2. The molecule has 0 atom stereocenters. The molecule has 20 heavy (non-hydrogen) atoms. The maximum atomic E-state index is 12.1. The highest BCUT2D eigenvalue weighted by atomic mass is 32.1. The van der Waals surface area contributed by atoms with Gasteiger partial charge in [-0.2, -0.15) is 0 Å². The molecule has 0 aliphatic rings. The molecule has 112 valence electrons. The third kappa shape index (κ3) is 4.96. The van der Waals surface area contributed by atoms with Crippen LogP contribution in [0.25, 0.3) is 0 Å². The van der Waals surface area contributed by atoms with Crippen molar-refractivity contribution in [3.05, 3.63) is 17.0 Å². The summed E-state index contributed by atoms with van der Waals surface area (Å²) in [4.78, 5) is 23.7. The third-order valence-corrected chi connectivity index (χ3v) is 4.34. The zero-order valence-corrected chi connectivity index (χ0v) is 13.6. The van der Waals surface area contributed by atoms with Gasteiger partial charge in [-0.1, -0.05) is 27.7 Å². The molecule has 0 spiro atoms. The molecule has 5 heteroatoms. The summed E-state index contributed by atoms with van der Waals surface area (Å²) in [6.45, 7) is 10.8. The Morgan fingerprint density at radius 2 is 1.75 bits per heavy atom. The minimum Gasteiger partial charge on any atom is -0.351 e. The maximum absolute atomic E-state index is 12.1. The average molecular weight is 296 g/mol. The van der Waals surface area contributed by atoms with Crippen LogP contribution in [0.5, 0.6) is 0 Å². The van der Waals surface area contributed by atoms with Crippen LogP contribution in [0.15, 0.2) is 12.1 Å². The van der Waals surface area contributed by atoms with Gasteiger partial charge in [0.2, 0.25) is 5.91 Å². The lowest BCUT2D eigenvalue weighted by atomic mass is 9.85. The predicted molar refractivity (Wildman–Crippen MR) is 84.1 cm³/mol. The van der Waals surface area contributed by atoms with Crippen LogP contribution < -0.4 is 10.6 Å². The van der Waals surface area contributed by atoms with E-state index in [0.717, 1.165) is 0 Å². The normalized spacial score (nSPS) is 11.2. The van der Waals surface area contributed by atoms with E-state index in [9.17, 15) is 9.59 Å². The van der Waals surface area contributed by atoms with Crippen molar-refractivity contribution in [2.24, 2.45) is 17.8 Å². The molecule has 0 saturated heterocycles. The molecular weight excluding hydrogens is 272 g/mol. The molecule has 1 aromatic rings. The summed E-state index contributed by atoms with van der Waals surface area (Å²) in [6, 6.07) is 3.49. The monoisotopic (exact) mass is 296 g/mol. The molecule has 0 fully saturated rings. The quantitative estimate of drug-likeness (QED) is 0.845. The van der Waals surface area contributed by atoms with Gasteiger partial charge in [0.15, 0.2) is 0 Å². The third-order valence-electron chi connectivity index (χ3n) is 3.34. The van der Waals surface area contributed by atoms with Gasteiger partial charge in [0.25, 0.3) is 5.91 Å². The van der Waals surface area contributed by atoms with E-state index in [4.69, 9.17) is 0 Å². The van der Waals surface area contributed by atoms with Crippen molar-refractivity contribution < 1.29 is 9.59 Å². The molecule has 0 aromatic carbocycles. The summed E-state index contributed by atoms with van der Waals surface area (Å²) >= 11 is 1.29. The Bertz CT molecular complexity index is 458. The Hall–Kier alpha value is -1.36. The summed E-state index contributed by atoms with van der Waals surface area (Å²) < 4.78 is 0. The van der Waals surface area contributed by atoms with Crippen molar-refractivity contribution >= 4 is 28.2 Å². The Balaban J connectivity index is 2.58. The van der Waals surface area contributed by atoms with Gasteiger partial charge >= 0.3 is 0 Å². The summed E-state index contributed by atoms with van der Waals surface area (Å²) in [5.41, 5.74) is 0. The number of carbonyl (C=O) groups is 2. The van der Waals surface area contributed by atoms with Crippen LogP contribution in [0.4, 0.5) is 5.00 Å². The zero-order valence-electron chi connectivity index (χ0n) is 12.8.